The predicted molar refractivity (Wildman–Crippen MR) is 110 cm³/mol. The van der Waals surface area contributed by atoms with E-state index in [4.69, 9.17) is 0 Å². The molecule has 148 valence electrons. The molecule has 0 aliphatic rings. The molecule has 1 heterocycles. The Morgan fingerprint density at radius 1 is 1.30 bits per heavy atom. The number of nitrogens with one attached hydrogen (secondary N) is 1. The number of guanidine groups is 1. The standard InChI is InChI=1S/C20H31FN6/c1-14(2)19-16(13-27(7)24-19)12-26(6)20(22-3)23-11-15-8-9-18(25(4)5)17(21)10-15/h8-10,13-14H,11-12H2,1-7H3,(H,22,23). The second kappa shape index (κ2) is 8.88. The number of aliphatic imine (C=N–C) groups is 1. The minimum Gasteiger partial charge on any atom is -0.375 e. The highest BCUT2D eigenvalue weighted by molar-refractivity contribution is 5.79. The van der Waals surface area contributed by atoms with E-state index in [1.54, 1.807) is 24.1 Å². The van der Waals surface area contributed by atoms with Gasteiger partial charge < -0.3 is 15.1 Å². The van der Waals surface area contributed by atoms with Gasteiger partial charge in [0, 0.05) is 60.1 Å². The van der Waals surface area contributed by atoms with Crippen LogP contribution >= 0.6 is 0 Å². The molecule has 27 heavy (non-hydrogen) atoms. The molecule has 0 fully saturated rings. The molecule has 0 aliphatic carbocycles. The zero-order valence-corrected chi connectivity index (χ0v) is 17.4. The summed E-state index contributed by atoms with van der Waals surface area (Å²) in [6, 6.07) is 5.29. The van der Waals surface area contributed by atoms with Crippen LogP contribution in [0.15, 0.2) is 29.4 Å². The number of anilines is 1. The lowest BCUT2D eigenvalue weighted by atomic mass is 10.1. The summed E-state index contributed by atoms with van der Waals surface area (Å²) < 4.78 is 16.0. The van der Waals surface area contributed by atoms with Crippen LogP contribution in [-0.4, -0.2) is 48.8 Å². The molecule has 1 aromatic heterocycles. The quantitative estimate of drug-likeness (QED) is 0.624. The van der Waals surface area contributed by atoms with E-state index in [1.807, 2.05) is 43.8 Å². The highest BCUT2D eigenvalue weighted by atomic mass is 19.1. The maximum Gasteiger partial charge on any atom is 0.193 e. The van der Waals surface area contributed by atoms with Crippen molar-refractivity contribution in [1.29, 1.82) is 0 Å². The van der Waals surface area contributed by atoms with E-state index in [1.165, 1.54) is 5.56 Å². The predicted octanol–water partition coefficient (Wildman–Crippen LogP) is 2.96. The second-order valence-corrected chi connectivity index (χ2v) is 7.30. The zero-order chi connectivity index (χ0) is 20.1. The average molecular weight is 375 g/mol. The Morgan fingerprint density at radius 3 is 2.56 bits per heavy atom. The Labute approximate surface area is 161 Å². The molecule has 1 aromatic carbocycles. The molecule has 0 atom stereocenters. The first-order chi connectivity index (χ1) is 12.7. The van der Waals surface area contributed by atoms with Gasteiger partial charge in [-0.1, -0.05) is 19.9 Å². The summed E-state index contributed by atoms with van der Waals surface area (Å²) >= 11 is 0. The van der Waals surface area contributed by atoms with Crippen molar-refractivity contribution in [2.75, 3.05) is 33.1 Å². The van der Waals surface area contributed by atoms with Crippen molar-refractivity contribution in [1.82, 2.24) is 20.0 Å². The first-order valence-electron chi connectivity index (χ1n) is 9.12. The van der Waals surface area contributed by atoms with Crippen molar-refractivity contribution in [3.8, 4) is 0 Å². The van der Waals surface area contributed by atoms with Gasteiger partial charge in [-0.05, 0) is 23.6 Å². The van der Waals surface area contributed by atoms with Gasteiger partial charge in [0.25, 0.3) is 0 Å². The minimum atomic E-state index is -0.223. The Bertz CT molecular complexity index is 794. The van der Waals surface area contributed by atoms with E-state index >= 15 is 0 Å². The number of aromatic nitrogens is 2. The highest BCUT2D eigenvalue weighted by Crippen LogP contribution is 2.19. The van der Waals surface area contributed by atoms with E-state index in [-0.39, 0.29) is 5.82 Å². The fourth-order valence-corrected chi connectivity index (χ4v) is 3.08. The maximum absolute atomic E-state index is 14.2. The summed E-state index contributed by atoms with van der Waals surface area (Å²) in [5.41, 5.74) is 3.73. The Kier molecular flexibility index (Phi) is 6.82. The van der Waals surface area contributed by atoms with Crippen molar-refractivity contribution in [3.05, 3.63) is 47.0 Å². The van der Waals surface area contributed by atoms with Gasteiger partial charge in [0.05, 0.1) is 11.4 Å². The third-order valence-electron chi connectivity index (χ3n) is 4.41. The van der Waals surface area contributed by atoms with Gasteiger partial charge in [0.15, 0.2) is 5.96 Å². The molecule has 0 spiro atoms. The number of aryl methyl sites for hydroxylation is 1. The van der Waals surface area contributed by atoms with Crippen LogP contribution in [0.3, 0.4) is 0 Å². The molecule has 0 radical (unpaired) electrons. The summed E-state index contributed by atoms with van der Waals surface area (Å²) in [7, 11) is 9.34. The zero-order valence-electron chi connectivity index (χ0n) is 17.4. The molecule has 0 unspecified atom stereocenters. The number of hydrogen-bond acceptors (Lipinski definition) is 3. The van der Waals surface area contributed by atoms with Gasteiger partial charge in [0.2, 0.25) is 0 Å². The minimum absolute atomic E-state index is 0.223. The average Bonchev–Trinajstić information content (AvgIpc) is 2.95. The van der Waals surface area contributed by atoms with Crippen LogP contribution in [0.5, 0.6) is 0 Å². The van der Waals surface area contributed by atoms with Crippen molar-refractivity contribution in [3.63, 3.8) is 0 Å². The van der Waals surface area contributed by atoms with Gasteiger partial charge >= 0.3 is 0 Å². The molecule has 0 bridgehead atoms. The first kappa shape index (κ1) is 20.7. The lowest BCUT2D eigenvalue weighted by molar-refractivity contribution is 0.473. The Morgan fingerprint density at radius 2 is 2.00 bits per heavy atom. The van der Waals surface area contributed by atoms with Crippen molar-refractivity contribution < 1.29 is 4.39 Å². The molecule has 0 saturated carbocycles. The third-order valence-corrected chi connectivity index (χ3v) is 4.41. The van der Waals surface area contributed by atoms with Gasteiger partial charge in [-0.25, -0.2) is 4.39 Å². The molecule has 6 nitrogen and oxygen atoms in total. The summed E-state index contributed by atoms with van der Waals surface area (Å²) in [6.45, 7) is 5.50. The largest absolute Gasteiger partial charge is 0.375 e. The number of halogens is 1. The first-order valence-corrected chi connectivity index (χ1v) is 9.12. The number of rotatable bonds is 6. The molecule has 7 heteroatoms. The van der Waals surface area contributed by atoms with Gasteiger partial charge in [-0.15, -0.1) is 0 Å². The van der Waals surface area contributed by atoms with Crippen LogP contribution in [0.2, 0.25) is 0 Å². The van der Waals surface area contributed by atoms with Crippen LogP contribution in [0, 0.1) is 5.82 Å². The Hall–Kier alpha value is -2.57. The van der Waals surface area contributed by atoms with E-state index in [0.29, 0.717) is 24.7 Å². The summed E-state index contributed by atoms with van der Waals surface area (Å²) in [5.74, 6) is 0.896. The lowest BCUT2D eigenvalue weighted by Crippen LogP contribution is -2.38. The van der Waals surface area contributed by atoms with Crippen LogP contribution in [0.1, 0.15) is 36.6 Å². The molecule has 0 saturated heterocycles. The van der Waals surface area contributed by atoms with E-state index in [2.05, 4.69) is 35.5 Å². The molecular formula is C20H31FN6. The van der Waals surface area contributed by atoms with Gasteiger partial charge in [-0.3, -0.25) is 9.67 Å². The van der Waals surface area contributed by atoms with E-state index in [9.17, 15) is 4.39 Å². The van der Waals surface area contributed by atoms with Crippen LogP contribution in [0.4, 0.5) is 10.1 Å². The van der Waals surface area contributed by atoms with Crippen molar-refractivity contribution in [2.45, 2.75) is 32.9 Å². The molecule has 0 amide bonds. The number of hydrogen-bond donors (Lipinski definition) is 1. The summed E-state index contributed by atoms with van der Waals surface area (Å²) in [4.78, 5) is 8.16. The number of nitrogens with zero attached hydrogens (tertiary/aromatic N) is 5. The van der Waals surface area contributed by atoms with Gasteiger partial charge in [0.1, 0.15) is 5.82 Å². The van der Waals surface area contributed by atoms with Crippen LogP contribution < -0.4 is 10.2 Å². The van der Waals surface area contributed by atoms with Crippen LogP contribution in [-0.2, 0) is 20.1 Å². The van der Waals surface area contributed by atoms with E-state index < -0.39 is 0 Å². The monoisotopic (exact) mass is 374 g/mol. The SMILES string of the molecule is CN=C(NCc1ccc(N(C)C)c(F)c1)N(C)Cc1cn(C)nc1C(C)C. The molecule has 0 aliphatic heterocycles. The highest BCUT2D eigenvalue weighted by Gasteiger charge is 2.15. The normalized spacial score (nSPS) is 11.8. The molecular weight excluding hydrogens is 343 g/mol. The Balaban J connectivity index is 2.04. The molecule has 2 rings (SSSR count). The van der Waals surface area contributed by atoms with Crippen molar-refractivity contribution >= 4 is 11.6 Å². The smallest absolute Gasteiger partial charge is 0.193 e. The fourth-order valence-electron chi connectivity index (χ4n) is 3.08. The van der Waals surface area contributed by atoms with Crippen molar-refractivity contribution in [2.24, 2.45) is 12.0 Å². The molecule has 2 aromatic rings. The fraction of sp³-hybridized carbons (Fsp3) is 0.500. The van der Waals surface area contributed by atoms with E-state index in [0.717, 1.165) is 17.2 Å². The summed E-state index contributed by atoms with van der Waals surface area (Å²) in [5, 5.41) is 7.86. The topological polar surface area (TPSA) is 48.7 Å². The molecule has 1 N–H and O–H groups in total. The lowest BCUT2D eigenvalue weighted by Gasteiger charge is -2.22. The summed E-state index contributed by atoms with van der Waals surface area (Å²) in [6.07, 6.45) is 2.05. The number of benzene rings is 1. The van der Waals surface area contributed by atoms with Crippen LogP contribution in [0.25, 0.3) is 0 Å². The maximum atomic E-state index is 14.2. The third kappa shape index (κ3) is 5.21. The van der Waals surface area contributed by atoms with Gasteiger partial charge in [-0.2, -0.15) is 5.10 Å². The second-order valence-electron chi connectivity index (χ2n) is 7.30.